The van der Waals surface area contributed by atoms with Crippen molar-refractivity contribution in [1.29, 1.82) is 0 Å². The largest absolute Gasteiger partial charge is 0.468 e. The van der Waals surface area contributed by atoms with Crippen LogP contribution in [0.5, 0.6) is 0 Å². The molecule has 0 saturated heterocycles. The van der Waals surface area contributed by atoms with E-state index in [-0.39, 0.29) is 6.10 Å². The van der Waals surface area contributed by atoms with Crippen molar-refractivity contribution in [2.24, 2.45) is 0 Å². The minimum absolute atomic E-state index is 0.345. The maximum atomic E-state index is 9.76. The van der Waals surface area contributed by atoms with Crippen LogP contribution in [-0.2, 0) is 6.54 Å². The van der Waals surface area contributed by atoms with E-state index < -0.39 is 0 Å². The van der Waals surface area contributed by atoms with E-state index in [1.54, 1.807) is 6.26 Å². The zero-order chi connectivity index (χ0) is 12.0. The van der Waals surface area contributed by atoms with Gasteiger partial charge in [0, 0.05) is 19.1 Å². The highest BCUT2D eigenvalue weighted by molar-refractivity contribution is 4.97. The lowest BCUT2D eigenvalue weighted by Gasteiger charge is -2.20. The lowest BCUT2D eigenvalue weighted by atomic mass is 10.3. The number of hydrogen-bond donors (Lipinski definition) is 2. The Morgan fingerprint density at radius 1 is 1.50 bits per heavy atom. The number of likely N-dealkylation sites (N-methyl/N-ethyl adjacent to an activating group) is 1. The fourth-order valence-electron chi connectivity index (χ4n) is 1.53. The molecule has 16 heavy (non-hydrogen) atoms. The highest BCUT2D eigenvalue weighted by Gasteiger charge is 2.09. The molecule has 0 fully saturated rings. The third-order valence-electron chi connectivity index (χ3n) is 2.29. The van der Waals surface area contributed by atoms with Crippen LogP contribution in [-0.4, -0.2) is 42.3 Å². The fourth-order valence-corrected chi connectivity index (χ4v) is 1.53. The van der Waals surface area contributed by atoms with Gasteiger partial charge in [-0.1, -0.05) is 13.8 Å². The van der Waals surface area contributed by atoms with E-state index >= 15 is 0 Å². The topological polar surface area (TPSA) is 48.6 Å². The van der Waals surface area contributed by atoms with Gasteiger partial charge in [-0.15, -0.1) is 0 Å². The molecule has 1 rings (SSSR count). The molecule has 1 atom stereocenters. The number of furan rings is 1. The van der Waals surface area contributed by atoms with Gasteiger partial charge in [-0.05, 0) is 19.2 Å². The van der Waals surface area contributed by atoms with Crippen molar-refractivity contribution in [3.63, 3.8) is 0 Å². The zero-order valence-corrected chi connectivity index (χ0v) is 10.3. The van der Waals surface area contributed by atoms with Crippen LogP contribution >= 0.6 is 0 Å². The molecular formula is C12H22N2O2. The second-order valence-electron chi connectivity index (χ2n) is 4.49. The molecule has 0 bridgehead atoms. The number of aliphatic hydroxyl groups excluding tert-OH is 1. The van der Waals surface area contributed by atoms with Crippen LogP contribution in [0, 0.1) is 0 Å². The normalized spacial score (nSPS) is 13.6. The summed E-state index contributed by atoms with van der Waals surface area (Å²) in [5.41, 5.74) is 0. The van der Waals surface area contributed by atoms with Crippen molar-refractivity contribution in [2.75, 3.05) is 20.1 Å². The molecule has 1 heterocycles. The summed E-state index contributed by atoms with van der Waals surface area (Å²) in [6.07, 6.45) is 1.32. The summed E-state index contributed by atoms with van der Waals surface area (Å²) in [7, 11) is 1.97. The van der Waals surface area contributed by atoms with Gasteiger partial charge in [-0.2, -0.15) is 0 Å². The molecule has 92 valence electrons. The molecule has 0 amide bonds. The molecular weight excluding hydrogens is 204 g/mol. The van der Waals surface area contributed by atoms with E-state index in [2.05, 4.69) is 19.2 Å². The molecule has 0 aliphatic heterocycles. The summed E-state index contributed by atoms with van der Waals surface area (Å²) in [6, 6.07) is 4.22. The number of nitrogens with one attached hydrogen (secondary N) is 1. The van der Waals surface area contributed by atoms with Gasteiger partial charge in [0.05, 0.1) is 18.9 Å². The van der Waals surface area contributed by atoms with Gasteiger partial charge in [-0.3, -0.25) is 4.90 Å². The van der Waals surface area contributed by atoms with Crippen molar-refractivity contribution in [2.45, 2.75) is 32.5 Å². The van der Waals surface area contributed by atoms with Crippen LogP contribution in [0.2, 0.25) is 0 Å². The predicted octanol–water partition coefficient (Wildman–Crippen LogP) is 1.07. The maximum absolute atomic E-state index is 9.76. The number of nitrogens with zero attached hydrogens (tertiary/aromatic N) is 1. The van der Waals surface area contributed by atoms with E-state index in [4.69, 9.17) is 4.42 Å². The number of aliphatic hydroxyl groups is 1. The van der Waals surface area contributed by atoms with Gasteiger partial charge in [0.1, 0.15) is 5.76 Å². The summed E-state index contributed by atoms with van der Waals surface area (Å²) in [5, 5.41) is 13.0. The van der Waals surface area contributed by atoms with E-state index in [0.29, 0.717) is 19.1 Å². The van der Waals surface area contributed by atoms with Gasteiger partial charge in [0.15, 0.2) is 0 Å². The molecule has 0 aromatic carbocycles. The SMILES string of the molecule is CC(C)NCC(O)CN(C)Cc1ccco1. The number of hydrogen-bond acceptors (Lipinski definition) is 4. The van der Waals surface area contributed by atoms with Gasteiger partial charge in [-0.25, -0.2) is 0 Å². The van der Waals surface area contributed by atoms with Crippen molar-refractivity contribution >= 4 is 0 Å². The third-order valence-corrected chi connectivity index (χ3v) is 2.29. The Bertz CT molecular complexity index is 273. The van der Waals surface area contributed by atoms with Crippen molar-refractivity contribution in [1.82, 2.24) is 10.2 Å². The molecule has 0 radical (unpaired) electrons. The van der Waals surface area contributed by atoms with E-state index in [1.807, 2.05) is 24.1 Å². The molecule has 0 aliphatic rings. The minimum atomic E-state index is -0.345. The summed E-state index contributed by atoms with van der Waals surface area (Å²) in [4.78, 5) is 2.05. The van der Waals surface area contributed by atoms with Crippen LogP contribution in [0.15, 0.2) is 22.8 Å². The first-order chi connectivity index (χ1) is 7.58. The molecule has 1 aromatic rings. The molecule has 4 nitrogen and oxygen atoms in total. The van der Waals surface area contributed by atoms with Crippen LogP contribution < -0.4 is 5.32 Å². The van der Waals surface area contributed by atoms with Gasteiger partial charge in [0.25, 0.3) is 0 Å². The lowest BCUT2D eigenvalue weighted by Crippen LogP contribution is -2.38. The summed E-state index contributed by atoms with van der Waals surface area (Å²) >= 11 is 0. The highest BCUT2D eigenvalue weighted by Crippen LogP contribution is 2.03. The second kappa shape index (κ2) is 6.68. The predicted molar refractivity (Wildman–Crippen MR) is 64.2 cm³/mol. The number of rotatable bonds is 7. The van der Waals surface area contributed by atoms with E-state index in [1.165, 1.54) is 0 Å². The molecule has 2 N–H and O–H groups in total. The molecule has 1 aromatic heterocycles. The van der Waals surface area contributed by atoms with Gasteiger partial charge < -0.3 is 14.8 Å². The Morgan fingerprint density at radius 3 is 2.81 bits per heavy atom. The quantitative estimate of drug-likeness (QED) is 0.730. The highest BCUT2D eigenvalue weighted by atomic mass is 16.3. The molecule has 0 spiro atoms. The van der Waals surface area contributed by atoms with E-state index in [0.717, 1.165) is 12.3 Å². The Hall–Kier alpha value is -0.840. The smallest absolute Gasteiger partial charge is 0.117 e. The van der Waals surface area contributed by atoms with Crippen LogP contribution in [0.3, 0.4) is 0 Å². The first kappa shape index (κ1) is 13.2. The maximum Gasteiger partial charge on any atom is 0.117 e. The lowest BCUT2D eigenvalue weighted by molar-refractivity contribution is 0.116. The Balaban J connectivity index is 2.20. The Labute approximate surface area is 97.2 Å². The monoisotopic (exact) mass is 226 g/mol. The van der Waals surface area contributed by atoms with Crippen molar-refractivity contribution < 1.29 is 9.52 Å². The first-order valence-electron chi connectivity index (χ1n) is 5.70. The summed E-state index contributed by atoms with van der Waals surface area (Å²) < 4.78 is 5.24. The Morgan fingerprint density at radius 2 is 2.25 bits per heavy atom. The van der Waals surface area contributed by atoms with Crippen LogP contribution in [0.1, 0.15) is 19.6 Å². The Kier molecular flexibility index (Phi) is 5.52. The molecule has 0 aliphatic carbocycles. The average molecular weight is 226 g/mol. The summed E-state index contributed by atoms with van der Waals surface area (Å²) in [5.74, 6) is 0.923. The van der Waals surface area contributed by atoms with E-state index in [9.17, 15) is 5.11 Å². The molecule has 1 unspecified atom stereocenters. The van der Waals surface area contributed by atoms with Crippen LogP contribution in [0.4, 0.5) is 0 Å². The fraction of sp³-hybridized carbons (Fsp3) is 0.667. The average Bonchev–Trinajstić information content (AvgIpc) is 2.67. The second-order valence-corrected chi connectivity index (χ2v) is 4.49. The molecule has 0 saturated carbocycles. The minimum Gasteiger partial charge on any atom is -0.468 e. The van der Waals surface area contributed by atoms with Crippen LogP contribution in [0.25, 0.3) is 0 Å². The van der Waals surface area contributed by atoms with Crippen molar-refractivity contribution in [3.8, 4) is 0 Å². The first-order valence-corrected chi connectivity index (χ1v) is 5.70. The summed E-state index contributed by atoms with van der Waals surface area (Å²) in [6.45, 7) is 6.13. The van der Waals surface area contributed by atoms with Gasteiger partial charge >= 0.3 is 0 Å². The van der Waals surface area contributed by atoms with Gasteiger partial charge in [0.2, 0.25) is 0 Å². The zero-order valence-electron chi connectivity index (χ0n) is 10.3. The third kappa shape index (κ3) is 5.30. The standard InChI is InChI=1S/C12H22N2O2/c1-10(2)13-7-11(15)8-14(3)9-12-5-4-6-16-12/h4-6,10-11,13,15H,7-9H2,1-3H3. The molecule has 4 heteroatoms. The van der Waals surface area contributed by atoms with Crippen molar-refractivity contribution in [3.05, 3.63) is 24.2 Å².